The maximum Gasteiger partial charge on any atom is 0.407 e. The van der Waals surface area contributed by atoms with Gasteiger partial charge < -0.3 is 94.0 Å². The monoisotopic (exact) mass is 1080 g/mol. The molecule has 2 aromatic carbocycles. The molecule has 2 heterocycles. The van der Waals surface area contributed by atoms with E-state index in [9.17, 15) is 45.0 Å². The fourth-order valence-electron chi connectivity index (χ4n) is 9.13. The molecule has 3 amide bonds. The topological polar surface area (TPSA) is 301 Å². The van der Waals surface area contributed by atoms with Gasteiger partial charge in [-0.1, -0.05) is 74.2 Å². The molecule has 0 unspecified atom stereocenters. The second-order valence-electron chi connectivity index (χ2n) is 18.5. The average Bonchev–Trinajstić information content (AvgIpc) is 3.74. The molecule has 3 aliphatic rings. The molecular formula is C52H81N3O19S. The van der Waals surface area contributed by atoms with E-state index < -0.39 is 98.3 Å². The Labute approximate surface area is 444 Å². The number of carbonyl (C=O) groups excluding carboxylic acids is 3. The molecule has 424 valence electrons. The summed E-state index contributed by atoms with van der Waals surface area (Å²) in [6.45, 7) is 4.37. The number of amides is 3. The molecule has 0 saturated carbocycles. The number of ether oxygens (including phenoxy) is 10. The first-order valence-corrected chi connectivity index (χ1v) is 26.8. The summed E-state index contributed by atoms with van der Waals surface area (Å²) in [5, 5.41) is 71.0. The molecule has 2 aromatic rings. The number of aliphatic hydroxyl groups is 6. The number of fused-ring (bicyclic) bond motifs is 3. The van der Waals surface area contributed by atoms with E-state index in [2.05, 4.69) is 28.6 Å². The predicted molar refractivity (Wildman–Crippen MR) is 274 cm³/mol. The molecule has 0 bridgehead atoms. The number of hydrogen-bond acceptors (Lipinski definition) is 20. The Bertz CT molecular complexity index is 1900. The van der Waals surface area contributed by atoms with Crippen molar-refractivity contribution in [3.8, 4) is 11.1 Å². The molecule has 2 fully saturated rings. The average molecular weight is 1080 g/mol. The van der Waals surface area contributed by atoms with E-state index in [-0.39, 0.29) is 45.3 Å². The summed E-state index contributed by atoms with van der Waals surface area (Å²) < 4.78 is 56.9. The molecule has 5 rings (SSSR count). The van der Waals surface area contributed by atoms with Crippen LogP contribution < -0.4 is 16.0 Å². The molecule has 75 heavy (non-hydrogen) atoms. The van der Waals surface area contributed by atoms with E-state index >= 15 is 0 Å². The summed E-state index contributed by atoms with van der Waals surface area (Å²) in [4.78, 5) is 40.4. The number of aliphatic hydroxyl groups excluding tert-OH is 6. The fourth-order valence-corrected chi connectivity index (χ4v) is 9.35. The summed E-state index contributed by atoms with van der Waals surface area (Å²) in [6.07, 6.45) is -8.62. The lowest BCUT2D eigenvalue weighted by Crippen LogP contribution is -2.68. The predicted octanol–water partition coefficient (Wildman–Crippen LogP) is 0.580. The molecule has 9 N–H and O–H groups in total. The Morgan fingerprint density at radius 2 is 1.12 bits per heavy atom. The highest BCUT2D eigenvalue weighted by molar-refractivity contribution is 7.80. The second kappa shape index (κ2) is 35.0. The Kier molecular flexibility index (Phi) is 29.1. The summed E-state index contributed by atoms with van der Waals surface area (Å²) in [5.74, 6) is -0.661. The highest BCUT2D eigenvalue weighted by Crippen LogP contribution is 2.44. The number of hydrogen-bond donors (Lipinski definition) is 10. The second-order valence-corrected chi connectivity index (χ2v) is 18.9. The Morgan fingerprint density at radius 3 is 1.67 bits per heavy atom. The summed E-state index contributed by atoms with van der Waals surface area (Å²) in [7, 11) is 0. The highest BCUT2D eigenvalue weighted by Gasteiger charge is 2.52. The third kappa shape index (κ3) is 20.3. The summed E-state index contributed by atoms with van der Waals surface area (Å²) in [5.41, 5.74) is 3.97. The van der Waals surface area contributed by atoms with Crippen molar-refractivity contribution in [3.63, 3.8) is 0 Å². The van der Waals surface area contributed by atoms with Crippen LogP contribution in [0.15, 0.2) is 48.5 Å². The Morgan fingerprint density at radius 1 is 0.613 bits per heavy atom. The van der Waals surface area contributed by atoms with Crippen LogP contribution in [0, 0.1) is 0 Å². The first kappa shape index (κ1) is 62.2. The van der Waals surface area contributed by atoms with Gasteiger partial charge in [-0.15, -0.1) is 0 Å². The third-order valence-electron chi connectivity index (χ3n) is 13.0. The highest BCUT2D eigenvalue weighted by atomic mass is 32.1. The maximum atomic E-state index is 14.0. The minimum absolute atomic E-state index is 0.00270. The van der Waals surface area contributed by atoms with Gasteiger partial charge in [0.15, 0.2) is 6.29 Å². The lowest BCUT2D eigenvalue weighted by atomic mass is 9.88. The van der Waals surface area contributed by atoms with E-state index in [4.69, 9.17) is 47.4 Å². The molecule has 0 aromatic heterocycles. The molecule has 23 heteroatoms. The van der Waals surface area contributed by atoms with Gasteiger partial charge in [0.25, 0.3) is 0 Å². The Balaban J connectivity index is 1.07. The zero-order valence-electron chi connectivity index (χ0n) is 43.0. The lowest BCUT2D eigenvalue weighted by molar-refractivity contribution is -0.332. The molecule has 2 aliphatic heterocycles. The minimum Gasteiger partial charge on any atom is -0.449 e. The van der Waals surface area contributed by atoms with Crippen molar-refractivity contribution >= 4 is 30.5 Å². The van der Waals surface area contributed by atoms with Crippen LogP contribution in [0.3, 0.4) is 0 Å². The molecule has 2 saturated heterocycles. The largest absolute Gasteiger partial charge is 0.449 e. The van der Waals surface area contributed by atoms with Gasteiger partial charge in [0.1, 0.15) is 55.4 Å². The number of thiol groups is 1. The molecule has 1 aliphatic carbocycles. The van der Waals surface area contributed by atoms with Gasteiger partial charge in [-0.3, -0.25) is 9.59 Å². The van der Waals surface area contributed by atoms with Gasteiger partial charge >= 0.3 is 6.09 Å². The van der Waals surface area contributed by atoms with Gasteiger partial charge in [0, 0.05) is 32.4 Å². The van der Waals surface area contributed by atoms with Crippen LogP contribution in [-0.2, 0) is 57.0 Å². The molecular weight excluding hydrogens is 1000 g/mol. The standard InChI is InChI=1S/C52H81N3O19S/c1-34(58)54-44-41(72-43(32-57)46(60)49(44)74-51-48(62)47(61)45(59)42(31-56)73-51)30-40(55-52(64)71-33-39-37-14-8-6-12-35(37)36-13-7-9-15-38(36)39)50(63)53-16-18-66-20-22-68-24-26-70-28-27-69-25-23-67-21-19-65-17-10-4-2-3-5-11-29-75/h6-9,12-15,39-49,51,56-57,59-62,75H,2-5,10-11,16-33H2,1H3,(H,53,63)(H,54,58)(H,55,64)/t40-,41+,42+,43+,44-,45-,46-,47-,48+,49+,51-/m0/s1. The van der Waals surface area contributed by atoms with Crippen molar-refractivity contribution < 1.29 is 92.4 Å². The van der Waals surface area contributed by atoms with Crippen LogP contribution in [0.1, 0.15) is 68.9 Å². The van der Waals surface area contributed by atoms with E-state index in [1.807, 2.05) is 48.5 Å². The van der Waals surface area contributed by atoms with Gasteiger partial charge in [-0.2, -0.15) is 12.6 Å². The molecule has 0 spiro atoms. The zero-order valence-corrected chi connectivity index (χ0v) is 43.8. The first-order valence-electron chi connectivity index (χ1n) is 26.1. The number of carbonyl (C=O) groups is 3. The SMILES string of the molecule is CC(=O)N[C@@H]1[C@@H](O[C@@H]2O[C@H](CO)[C@H](O)[C@H](O)[C@H]2O)[C@@H](O)[C@@H](CO)O[C@@H]1C[C@H](NC(=O)OCC1c2ccccc2-c2ccccc21)C(=O)NCCOCCOCCOCCOCCOCCOCCCCCCCCS. The number of benzene rings is 2. The summed E-state index contributed by atoms with van der Waals surface area (Å²) in [6, 6.07) is 12.8. The van der Waals surface area contributed by atoms with E-state index in [1.54, 1.807) is 0 Å². The summed E-state index contributed by atoms with van der Waals surface area (Å²) >= 11 is 4.24. The normalized spacial score (nSPS) is 24.8. The fraction of sp³-hybridized carbons (Fsp3) is 0.712. The van der Waals surface area contributed by atoms with Gasteiger partial charge in [-0.05, 0) is 40.8 Å². The quantitative estimate of drug-likeness (QED) is 0.0327. The van der Waals surface area contributed by atoms with Crippen LogP contribution >= 0.6 is 12.6 Å². The first-order chi connectivity index (χ1) is 36.5. The van der Waals surface area contributed by atoms with Crippen LogP contribution in [0.25, 0.3) is 11.1 Å². The van der Waals surface area contributed by atoms with Crippen LogP contribution in [-0.4, -0.2) is 227 Å². The number of alkyl carbamates (subject to hydrolysis) is 1. The molecule has 11 atom stereocenters. The number of unbranched alkanes of at least 4 members (excludes halogenated alkanes) is 5. The van der Waals surface area contributed by atoms with Crippen LogP contribution in [0.2, 0.25) is 0 Å². The lowest BCUT2D eigenvalue weighted by Gasteiger charge is -2.48. The van der Waals surface area contributed by atoms with E-state index in [0.717, 1.165) is 41.0 Å². The van der Waals surface area contributed by atoms with Crippen molar-refractivity contribution in [3.05, 3.63) is 59.7 Å². The number of nitrogens with one attached hydrogen (secondary N) is 3. The smallest absolute Gasteiger partial charge is 0.407 e. The van der Waals surface area contributed by atoms with Crippen molar-refractivity contribution in [1.82, 2.24) is 16.0 Å². The van der Waals surface area contributed by atoms with Crippen molar-refractivity contribution in [1.29, 1.82) is 0 Å². The van der Waals surface area contributed by atoms with Gasteiger partial charge in [0.05, 0.1) is 98.0 Å². The van der Waals surface area contributed by atoms with E-state index in [1.165, 1.54) is 39.0 Å². The van der Waals surface area contributed by atoms with Gasteiger partial charge in [0.2, 0.25) is 11.8 Å². The van der Waals surface area contributed by atoms with Crippen molar-refractivity contribution in [2.75, 3.05) is 111 Å². The molecule has 22 nitrogen and oxygen atoms in total. The van der Waals surface area contributed by atoms with Gasteiger partial charge in [-0.25, -0.2) is 4.79 Å². The van der Waals surface area contributed by atoms with Crippen molar-refractivity contribution in [2.24, 2.45) is 0 Å². The van der Waals surface area contributed by atoms with Crippen LogP contribution in [0.4, 0.5) is 4.79 Å². The van der Waals surface area contributed by atoms with E-state index in [0.29, 0.717) is 52.9 Å². The maximum absolute atomic E-state index is 14.0. The van der Waals surface area contributed by atoms with Crippen molar-refractivity contribution in [2.45, 2.75) is 125 Å². The third-order valence-corrected chi connectivity index (χ3v) is 13.4. The minimum atomic E-state index is -1.88. The zero-order chi connectivity index (χ0) is 53.8. The Hall–Kier alpha value is -3.60. The van der Waals surface area contributed by atoms with Crippen LogP contribution in [0.5, 0.6) is 0 Å². The molecule has 0 radical (unpaired) electrons. The number of rotatable bonds is 37.